The number of hydrogen-bond donors (Lipinski definition) is 1. The fourth-order valence-electron chi connectivity index (χ4n) is 2.51. The van der Waals surface area contributed by atoms with Gasteiger partial charge in [-0.3, -0.25) is 0 Å². The molecule has 1 heterocycles. The summed E-state index contributed by atoms with van der Waals surface area (Å²) in [5.74, 6) is -0.115. The smallest absolute Gasteiger partial charge is 0.132 e. The summed E-state index contributed by atoms with van der Waals surface area (Å²) in [4.78, 5) is 0. The Balaban J connectivity index is 2.12. The molecule has 0 atom stereocenters. The Hall–Kier alpha value is -1.35. The molecule has 1 aliphatic rings. The molecule has 0 spiro atoms. The molecule has 1 aromatic heterocycles. The summed E-state index contributed by atoms with van der Waals surface area (Å²) in [6, 6.07) is 7.93. The monoisotopic (exact) mass is 232 g/mol. The van der Waals surface area contributed by atoms with E-state index in [1.807, 2.05) is 12.1 Å². The molecular formula is C14H17FN2. The van der Waals surface area contributed by atoms with E-state index in [0.717, 1.165) is 23.7 Å². The highest BCUT2D eigenvalue weighted by molar-refractivity contribution is 5.82. The summed E-state index contributed by atoms with van der Waals surface area (Å²) in [7, 11) is 0. The van der Waals surface area contributed by atoms with Crippen LogP contribution in [0.2, 0.25) is 0 Å². The van der Waals surface area contributed by atoms with Crippen molar-refractivity contribution < 1.29 is 4.39 Å². The number of rotatable bonds is 4. The Kier molecular flexibility index (Phi) is 2.63. The third kappa shape index (κ3) is 1.84. The van der Waals surface area contributed by atoms with E-state index >= 15 is 0 Å². The van der Waals surface area contributed by atoms with Crippen molar-refractivity contribution in [3.63, 3.8) is 0 Å². The third-order valence-electron chi connectivity index (χ3n) is 3.46. The van der Waals surface area contributed by atoms with Crippen LogP contribution in [0.15, 0.2) is 24.3 Å². The molecule has 1 aromatic carbocycles. The lowest BCUT2D eigenvalue weighted by molar-refractivity contribution is 0.639. The van der Waals surface area contributed by atoms with Crippen LogP contribution in [0, 0.1) is 5.82 Å². The number of nitrogens with two attached hydrogens (primary N) is 1. The summed E-state index contributed by atoms with van der Waals surface area (Å²) in [5, 5.41) is 0.756. The maximum absolute atomic E-state index is 13.7. The number of hydrogen-bond acceptors (Lipinski definition) is 1. The lowest BCUT2D eigenvalue weighted by Crippen LogP contribution is -2.05. The second-order valence-corrected chi connectivity index (χ2v) is 4.80. The van der Waals surface area contributed by atoms with Crippen molar-refractivity contribution in [2.24, 2.45) is 5.73 Å². The molecule has 0 aliphatic heterocycles. The fraction of sp³-hybridized carbons (Fsp3) is 0.429. The number of aryl methyl sites for hydroxylation is 1. The topological polar surface area (TPSA) is 30.9 Å². The molecule has 2 N–H and O–H groups in total. The summed E-state index contributed by atoms with van der Waals surface area (Å²) >= 11 is 0. The van der Waals surface area contributed by atoms with Crippen LogP contribution < -0.4 is 5.73 Å². The van der Waals surface area contributed by atoms with Gasteiger partial charge < -0.3 is 10.3 Å². The number of benzene rings is 1. The largest absolute Gasteiger partial charge is 0.341 e. The molecule has 0 bridgehead atoms. The first-order valence-electron chi connectivity index (χ1n) is 6.29. The molecule has 1 aliphatic carbocycles. The van der Waals surface area contributed by atoms with Gasteiger partial charge in [-0.2, -0.15) is 0 Å². The predicted molar refractivity (Wildman–Crippen MR) is 67.5 cm³/mol. The first-order valence-corrected chi connectivity index (χ1v) is 6.29. The first-order chi connectivity index (χ1) is 8.31. The van der Waals surface area contributed by atoms with Crippen LogP contribution in [0.5, 0.6) is 0 Å². The molecule has 0 unspecified atom stereocenters. The summed E-state index contributed by atoms with van der Waals surface area (Å²) in [6.45, 7) is 0.689. The van der Waals surface area contributed by atoms with Crippen LogP contribution in [-0.4, -0.2) is 11.1 Å². The van der Waals surface area contributed by atoms with E-state index in [1.54, 1.807) is 6.07 Å². The van der Waals surface area contributed by atoms with E-state index in [9.17, 15) is 4.39 Å². The lowest BCUT2D eigenvalue weighted by atomic mass is 10.2. The van der Waals surface area contributed by atoms with Gasteiger partial charge in [-0.1, -0.05) is 6.07 Å². The van der Waals surface area contributed by atoms with Gasteiger partial charge in [-0.25, -0.2) is 4.39 Å². The fourth-order valence-corrected chi connectivity index (χ4v) is 2.51. The molecule has 1 fully saturated rings. The van der Waals surface area contributed by atoms with Crippen molar-refractivity contribution in [2.45, 2.75) is 31.7 Å². The van der Waals surface area contributed by atoms with Crippen molar-refractivity contribution >= 4 is 10.9 Å². The van der Waals surface area contributed by atoms with E-state index in [0.29, 0.717) is 12.6 Å². The van der Waals surface area contributed by atoms with Gasteiger partial charge >= 0.3 is 0 Å². The van der Waals surface area contributed by atoms with Crippen LogP contribution in [0.4, 0.5) is 4.39 Å². The van der Waals surface area contributed by atoms with Crippen LogP contribution in [0.25, 0.3) is 10.9 Å². The highest BCUT2D eigenvalue weighted by Crippen LogP contribution is 2.40. The van der Waals surface area contributed by atoms with Crippen molar-refractivity contribution in [2.75, 3.05) is 6.54 Å². The minimum absolute atomic E-state index is 0.115. The maximum atomic E-state index is 13.7. The minimum Gasteiger partial charge on any atom is -0.341 e. The Morgan fingerprint density at radius 2 is 2.18 bits per heavy atom. The normalized spacial score (nSPS) is 15.6. The first kappa shape index (κ1) is 10.8. The Morgan fingerprint density at radius 3 is 2.88 bits per heavy atom. The van der Waals surface area contributed by atoms with Crippen molar-refractivity contribution in [1.29, 1.82) is 0 Å². The molecule has 0 radical (unpaired) electrons. The zero-order valence-corrected chi connectivity index (χ0v) is 9.82. The van der Waals surface area contributed by atoms with Gasteiger partial charge in [0.2, 0.25) is 0 Å². The number of fused-ring (bicyclic) bond motifs is 1. The van der Waals surface area contributed by atoms with Crippen LogP contribution >= 0.6 is 0 Å². The van der Waals surface area contributed by atoms with E-state index < -0.39 is 0 Å². The van der Waals surface area contributed by atoms with E-state index in [4.69, 9.17) is 5.73 Å². The van der Waals surface area contributed by atoms with Gasteiger partial charge in [0.25, 0.3) is 0 Å². The molecule has 2 aromatic rings. The average molecular weight is 232 g/mol. The molecule has 0 amide bonds. The van der Waals surface area contributed by atoms with E-state index in [-0.39, 0.29) is 5.82 Å². The average Bonchev–Trinajstić information content (AvgIpc) is 3.09. The highest BCUT2D eigenvalue weighted by Gasteiger charge is 2.27. The standard InChI is InChI=1S/C14H17FN2/c15-13-4-1-5-14-12(13)9-11(3-2-8-16)17(14)10-6-7-10/h1,4-5,9-10H,2-3,6-8,16H2. The molecule has 2 nitrogen and oxygen atoms in total. The quantitative estimate of drug-likeness (QED) is 0.863. The molecule has 3 rings (SSSR count). The van der Waals surface area contributed by atoms with Gasteiger partial charge in [-0.05, 0) is 50.4 Å². The second kappa shape index (κ2) is 4.15. The summed E-state index contributed by atoms with van der Waals surface area (Å²) in [5.41, 5.74) is 7.83. The predicted octanol–water partition coefficient (Wildman–Crippen LogP) is 3.01. The second-order valence-electron chi connectivity index (χ2n) is 4.80. The van der Waals surface area contributed by atoms with Crippen molar-refractivity contribution in [3.8, 4) is 0 Å². The highest BCUT2D eigenvalue weighted by atomic mass is 19.1. The lowest BCUT2D eigenvalue weighted by Gasteiger charge is -2.08. The van der Waals surface area contributed by atoms with Gasteiger partial charge in [0.1, 0.15) is 5.82 Å². The van der Waals surface area contributed by atoms with E-state index in [1.165, 1.54) is 24.6 Å². The Morgan fingerprint density at radius 1 is 1.35 bits per heavy atom. The van der Waals surface area contributed by atoms with Crippen molar-refractivity contribution in [3.05, 3.63) is 35.8 Å². The Labute approximate surface area is 100 Å². The molecule has 1 saturated carbocycles. The maximum Gasteiger partial charge on any atom is 0.132 e. The SMILES string of the molecule is NCCCc1cc2c(F)cccc2n1C1CC1. The van der Waals surface area contributed by atoms with Gasteiger partial charge in [-0.15, -0.1) is 0 Å². The molecule has 17 heavy (non-hydrogen) atoms. The van der Waals surface area contributed by atoms with Gasteiger partial charge in [0.15, 0.2) is 0 Å². The van der Waals surface area contributed by atoms with Gasteiger partial charge in [0.05, 0.1) is 5.52 Å². The number of halogens is 1. The molecule has 3 heteroatoms. The summed E-state index contributed by atoms with van der Waals surface area (Å²) < 4.78 is 16.1. The van der Waals surface area contributed by atoms with Crippen LogP contribution in [0.1, 0.15) is 31.0 Å². The molecule has 90 valence electrons. The summed E-state index contributed by atoms with van der Waals surface area (Å²) in [6.07, 6.45) is 4.34. The van der Waals surface area contributed by atoms with Crippen LogP contribution in [-0.2, 0) is 6.42 Å². The zero-order valence-electron chi connectivity index (χ0n) is 9.82. The van der Waals surface area contributed by atoms with E-state index in [2.05, 4.69) is 4.57 Å². The minimum atomic E-state index is -0.115. The Bertz CT molecular complexity index is 540. The number of aromatic nitrogens is 1. The molecular weight excluding hydrogens is 215 g/mol. The van der Waals surface area contributed by atoms with Crippen molar-refractivity contribution in [1.82, 2.24) is 4.57 Å². The third-order valence-corrected chi connectivity index (χ3v) is 3.46. The van der Waals surface area contributed by atoms with Crippen LogP contribution in [0.3, 0.4) is 0 Å². The zero-order chi connectivity index (χ0) is 11.8. The molecule has 0 saturated heterocycles. The number of nitrogens with zero attached hydrogens (tertiary/aromatic N) is 1. The van der Waals surface area contributed by atoms with Gasteiger partial charge in [0, 0.05) is 17.1 Å².